The van der Waals surface area contributed by atoms with Gasteiger partial charge in [0.05, 0.1) is 0 Å². The average Bonchev–Trinajstić information content (AvgIpc) is 2.39. The van der Waals surface area contributed by atoms with E-state index in [-0.39, 0.29) is 7.33 Å². The van der Waals surface area contributed by atoms with Gasteiger partial charge in [-0.1, -0.05) is 13.8 Å². The molecule has 4 nitrogen and oxygen atoms in total. The maximum Gasteiger partial charge on any atom is 0.219 e. The predicted octanol–water partition coefficient (Wildman–Crippen LogP) is 1.71. The zero-order valence-electron chi connectivity index (χ0n) is 12.7. The van der Waals surface area contributed by atoms with Gasteiger partial charge in [0.25, 0.3) is 0 Å². The van der Waals surface area contributed by atoms with E-state index in [1.165, 1.54) is 25.9 Å². The molecule has 2 heterocycles. The van der Waals surface area contributed by atoms with Crippen molar-refractivity contribution < 1.29 is 6.22 Å². The first-order valence-electron chi connectivity index (χ1n) is 7.82. The first-order chi connectivity index (χ1) is 9.06. The van der Waals surface area contributed by atoms with E-state index in [1.807, 2.05) is 4.90 Å². The van der Waals surface area contributed by atoms with Gasteiger partial charge < -0.3 is 15.1 Å². The second-order valence-electron chi connectivity index (χ2n) is 6.37. The Balaban J connectivity index is 0.00000200. The molecule has 1 amide bonds. The molecular formula is C15H31N3O. The first kappa shape index (κ1) is 14.8. The van der Waals surface area contributed by atoms with Crippen molar-refractivity contribution in [1.29, 1.82) is 0 Å². The molecule has 2 rings (SSSR count). The van der Waals surface area contributed by atoms with Crippen LogP contribution in [0.4, 0.5) is 0 Å². The minimum atomic E-state index is 0. The second kappa shape index (κ2) is 6.71. The number of likely N-dealkylation sites (tertiary alicyclic amines) is 2. The largest absolute Gasteiger partial charge is 0.343 e. The highest BCUT2D eigenvalue weighted by atomic mass is 16.2. The fraction of sp³-hybridized carbons (Fsp3) is 0.933. The SMILES string of the molecule is CC(=O)N1CCC(N2CCC(NC(C)C)CC2)CC1.[HH]. The summed E-state index contributed by atoms with van der Waals surface area (Å²) in [5.74, 6) is 0.235. The van der Waals surface area contributed by atoms with E-state index in [2.05, 4.69) is 24.1 Å². The minimum Gasteiger partial charge on any atom is -0.343 e. The van der Waals surface area contributed by atoms with Crippen LogP contribution in [0.3, 0.4) is 0 Å². The third kappa shape index (κ3) is 4.18. The van der Waals surface area contributed by atoms with Gasteiger partial charge in [0.15, 0.2) is 0 Å². The lowest BCUT2D eigenvalue weighted by molar-refractivity contribution is -0.130. The van der Waals surface area contributed by atoms with Crippen molar-refractivity contribution in [2.75, 3.05) is 26.2 Å². The van der Waals surface area contributed by atoms with Crippen molar-refractivity contribution in [2.45, 2.75) is 64.6 Å². The molecule has 0 aromatic rings. The van der Waals surface area contributed by atoms with Gasteiger partial charge in [-0.3, -0.25) is 4.79 Å². The molecule has 0 aromatic heterocycles. The zero-order chi connectivity index (χ0) is 13.8. The van der Waals surface area contributed by atoms with Gasteiger partial charge in [0.1, 0.15) is 0 Å². The maximum absolute atomic E-state index is 11.3. The van der Waals surface area contributed by atoms with E-state index in [0.717, 1.165) is 25.9 Å². The van der Waals surface area contributed by atoms with Crippen molar-refractivity contribution in [2.24, 2.45) is 0 Å². The van der Waals surface area contributed by atoms with Gasteiger partial charge in [-0.2, -0.15) is 0 Å². The summed E-state index contributed by atoms with van der Waals surface area (Å²) in [5.41, 5.74) is 0. The highest BCUT2D eigenvalue weighted by Crippen LogP contribution is 2.21. The van der Waals surface area contributed by atoms with Crippen LogP contribution >= 0.6 is 0 Å². The number of nitrogens with zero attached hydrogens (tertiary/aromatic N) is 2. The molecule has 0 unspecified atom stereocenters. The molecule has 0 aliphatic carbocycles. The molecule has 2 saturated heterocycles. The molecule has 4 heteroatoms. The van der Waals surface area contributed by atoms with E-state index in [9.17, 15) is 4.79 Å². The Hall–Kier alpha value is -0.610. The molecule has 0 atom stereocenters. The number of carbonyl (C=O) groups is 1. The highest BCUT2D eigenvalue weighted by Gasteiger charge is 2.28. The van der Waals surface area contributed by atoms with Crippen LogP contribution in [0.1, 0.15) is 47.9 Å². The first-order valence-corrected chi connectivity index (χ1v) is 7.82. The molecule has 1 N–H and O–H groups in total. The van der Waals surface area contributed by atoms with Crippen LogP contribution in [0.25, 0.3) is 0 Å². The summed E-state index contributed by atoms with van der Waals surface area (Å²) in [6.45, 7) is 10.5. The van der Waals surface area contributed by atoms with E-state index in [1.54, 1.807) is 6.92 Å². The molecule has 2 aliphatic rings. The van der Waals surface area contributed by atoms with Gasteiger partial charge in [-0.25, -0.2) is 0 Å². The summed E-state index contributed by atoms with van der Waals surface area (Å²) in [5, 5.41) is 3.65. The lowest BCUT2D eigenvalue weighted by Gasteiger charge is -2.42. The zero-order valence-corrected chi connectivity index (χ0v) is 12.7. The molecule has 2 aliphatic heterocycles. The number of amides is 1. The number of carbonyl (C=O) groups excluding carboxylic acids is 1. The van der Waals surface area contributed by atoms with E-state index >= 15 is 0 Å². The van der Waals surface area contributed by atoms with Gasteiger partial charge in [-0.15, -0.1) is 0 Å². The van der Waals surface area contributed by atoms with Crippen molar-refractivity contribution in [1.82, 2.24) is 15.1 Å². The summed E-state index contributed by atoms with van der Waals surface area (Å²) >= 11 is 0. The molecular weight excluding hydrogens is 238 g/mol. The quantitative estimate of drug-likeness (QED) is 0.847. The fourth-order valence-electron chi connectivity index (χ4n) is 3.45. The Morgan fingerprint density at radius 2 is 1.68 bits per heavy atom. The normalized spacial score (nSPS) is 24.1. The maximum atomic E-state index is 11.3. The fourth-order valence-corrected chi connectivity index (χ4v) is 3.45. The van der Waals surface area contributed by atoms with Crippen LogP contribution in [0.2, 0.25) is 0 Å². The average molecular weight is 269 g/mol. The Kier molecular flexibility index (Phi) is 5.22. The van der Waals surface area contributed by atoms with Gasteiger partial charge in [0.2, 0.25) is 5.91 Å². The monoisotopic (exact) mass is 269 g/mol. The Bertz CT molecular complexity index is 295. The summed E-state index contributed by atoms with van der Waals surface area (Å²) in [4.78, 5) is 16.0. The van der Waals surface area contributed by atoms with Crippen LogP contribution in [-0.4, -0.2) is 60.0 Å². The van der Waals surface area contributed by atoms with Crippen molar-refractivity contribution >= 4 is 5.91 Å². The van der Waals surface area contributed by atoms with E-state index in [4.69, 9.17) is 0 Å². The smallest absolute Gasteiger partial charge is 0.219 e. The number of nitrogens with one attached hydrogen (secondary N) is 1. The van der Waals surface area contributed by atoms with Gasteiger partial charge >= 0.3 is 0 Å². The number of hydrogen-bond donors (Lipinski definition) is 1. The minimum absolute atomic E-state index is 0. The van der Waals surface area contributed by atoms with E-state index < -0.39 is 0 Å². The lowest BCUT2D eigenvalue weighted by Crippen LogP contribution is -2.51. The van der Waals surface area contributed by atoms with Crippen molar-refractivity contribution in [3.05, 3.63) is 0 Å². The Labute approximate surface area is 119 Å². The van der Waals surface area contributed by atoms with Crippen LogP contribution in [0.15, 0.2) is 0 Å². The summed E-state index contributed by atoms with van der Waals surface area (Å²) in [6, 6.07) is 2.00. The number of piperidine rings is 2. The standard InChI is InChI=1S/C15H29N3O.H2/c1-12(2)16-14-4-8-18(9-5-14)15-6-10-17(11-7-15)13(3)19;/h12,14-16H,4-11H2,1-3H3;1H. The third-order valence-corrected chi connectivity index (χ3v) is 4.52. The summed E-state index contributed by atoms with van der Waals surface area (Å²) in [6.07, 6.45) is 4.85. The summed E-state index contributed by atoms with van der Waals surface area (Å²) < 4.78 is 0. The number of hydrogen-bond acceptors (Lipinski definition) is 3. The Morgan fingerprint density at radius 1 is 1.11 bits per heavy atom. The van der Waals surface area contributed by atoms with Crippen LogP contribution in [0.5, 0.6) is 0 Å². The molecule has 0 saturated carbocycles. The highest BCUT2D eigenvalue weighted by molar-refractivity contribution is 5.73. The molecule has 112 valence electrons. The van der Waals surface area contributed by atoms with Crippen molar-refractivity contribution in [3.63, 3.8) is 0 Å². The molecule has 0 radical (unpaired) electrons. The van der Waals surface area contributed by atoms with Crippen LogP contribution < -0.4 is 5.32 Å². The lowest BCUT2D eigenvalue weighted by atomic mass is 9.97. The predicted molar refractivity (Wildman–Crippen MR) is 80.3 cm³/mol. The number of rotatable bonds is 3. The van der Waals surface area contributed by atoms with Crippen LogP contribution in [0, 0.1) is 0 Å². The molecule has 2 fully saturated rings. The second-order valence-corrected chi connectivity index (χ2v) is 6.37. The van der Waals surface area contributed by atoms with Crippen molar-refractivity contribution in [3.8, 4) is 0 Å². The third-order valence-electron chi connectivity index (χ3n) is 4.52. The van der Waals surface area contributed by atoms with E-state index in [0.29, 0.717) is 18.1 Å². The Morgan fingerprint density at radius 3 is 2.16 bits per heavy atom. The molecule has 0 bridgehead atoms. The molecule has 19 heavy (non-hydrogen) atoms. The van der Waals surface area contributed by atoms with Crippen LogP contribution in [-0.2, 0) is 4.79 Å². The summed E-state index contributed by atoms with van der Waals surface area (Å²) in [7, 11) is 0. The molecule has 0 aromatic carbocycles. The van der Waals surface area contributed by atoms with Gasteiger partial charge in [-0.05, 0) is 38.8 Å². The van der Waals surface area contributed by atoms with Gasteiger partial charge in [0, 0.05) is 39.6 Å². The topological polar surface area (TPSA) is 35.6 Å². The molecule has 0 spiro atoms.